The number of hydrogen-bond donors (Lipinski definition) is 1. The summed E-state index contributed by atoms with van der Waals surface area (Å²) in [5.41, 5.74) is 2.11. The summed E-state index contributed by atoms with van der Waals surface area (Å²) < 4.78 is 14.6. The molecule has 2 nitrogen and oxygen atoms in total. The SMILES string of the molecule is Cc1ccc(C(O)Cc2nc3ccccc3s2)cc1F. The van der Waals surface area contributed by atoms with Gasteiger partial charge >= 0.3 is 0 Å². The predicted molar refractivity (Wildman–Crippen MR) is 79.4 cm³/mol. The molecular formula is C16H14FNOS. The first-order valence-corrected chi connectivity index (χ1v) is 7.24. The minimum atomic E-state index is -0.731. The highest BCUT2D eigenvalue weighted by molar-refractivity contribution is 7.18. The molecule has 0 spiro atoms. The fourth-order valence-electron chi connectivity index (χ4n) is 2.11. The fourth-order valence-corrected chi connectivity index (χ4v) is 3.11. The number of aliphatic hydroxyl groups is 1. The summed E-state index contributed by atoms with van der Waals surface area (Å²) in [6.07, 6.45) is -0.326. The maximum atomic E-state index is 13.5. The molecular weight excluding hydrogens is 273 g/mol. The van der Waals surface area contributed by atoms with E-state index in [0.717, 1.165) is 15.2 Å². The summed E-state index contributed by atoms with van der Waals surface area (Å²) >= 11 is 1.56. The lowest BCUT2D eigenvalue weighted by atomic mass is 10.0. The van der Waals surface area contributed by atoms with Crippen molar-refractivity contribution >= 4 is 21.6 Å². The first kappa shape index (κ1) is 13.2. The molecule has 3 rings (SSSR count). The van der Waals surface area contributed by atoms with Gasteiger partial charge < -0.3 is 5.11 Å². The number of aryl methyl sites for hydroxylation is 1. The van der Waals surface area contributed by atoms with Gasteiger partial charge in [0.05, 0.1) is 21.3 Å². The van der Waals surface area contributed by atoms with Crippen molar-refractivity contribution in [2.75, 3.05) is 0 Å². The summed E-state index contributed by atoms with van der Waals surface area (Å²) in [7, 11) is 0. The van der Waals surface area contributed by atoms with Crippen molar-refractivity contribution in [2.24, 2.45) is 0 Å². The Labute approximate surface area is 120 Å². The Kier molecular flexibility index (Phi) is 3.51. The third-order valence-corrected chi connectivity index (χ3v) is 4.35. The van der Waals surface area contributed by atoms with Gasteiger partial charge in [-0.15, -0.1) is 11.3 Å². The number of aliphatic hydroxyl groups excluding tert-OH is 1. The zero-order valence-electron chi connectivity index (χ0n) is 11.0. The first-order chi connectivity index (χ1) is 9.63. The van der Waals surface area contributed by atoms with Crippen LogP contribution in [0.5, 0.6) is 0 Å². The Balaban J connectivity index is 1.84. The van der Waals surface area contributed by atoms with Gasteiger partial charge in [-0.25, -0.2) is 9.37 Å². The molecule has 1 heterocycles. The van der Waals surface area contributed by atoms with E-state index < -0.39 is 6.10 Å². The Morgan fingerprint density at radius 3 is 2.80 bits per heavy atom. The van der Waals surface area contributed by atoms with Crippen LogP contribution >= 0.6 is 11.3 Å². The van der Waals surface area contributed by atoms with Gasteiger partial charge in [-0.2, -0.15) is 0 Å². The molecule has 0 amide bonds. The van der Waals surface area contributed by atoms with E-state index in [4.69, 9.17) is 0 Å². The van der Waals surface area contributed by atoms with E-state index in [0.29, 0.717) is 17.5 Å². The Hall–Kier alpha value is -1.78. The number of thiazole rings is 1. The highest BCUT2D eigenvalue weighted by Crippen LogP contribution is 2.26. The fraction of sp³-hybridized carbons (Fsp3) is 0.188. The predicted octanol–water partition coefficient (Wildman–Crippen LogP) is 4.02. The van der Waals surface area contributed by atoms with Crippen LogP contribution in [0.25, 0.3) is 10.2 Å². The summed E-state index contributed by atoms with van der Waals surface area (Å²) in [5, 5.41) is 11.1. The van der Waals surface area contributed by atoms with E-state index in [1.54, 1.807) is 30.4 Å². The van der Waals surface area contributed by atoms with Crippen molar-refractivity contribution in [2.45, 2.75) is 19.4 Å². The zero-order chi connectivity index (χ0) is 14.1. The summed E-state index contributed by atoms with van der Waals surface area (Å²) in [5.74, 6) is -0.286. The van der Waals surface area contributed by atoms with Crippen LogP contribution in [0.15, 0.2) is 42.5 Å². The summed E-state index contributed by atoms with van der Waals surface area (Å²) in [6.45, 7) is 1.71. The molecule has 2 aromatic carbocycles. The van der Waals surface area contributed by atoms with E-state index in [1.165, 1.54) is 6.07 Å². The normalized spacial score (nSPS) is 12.8. The number of para-hydroxylation sites is 1. The lowest BCUT2D eigenvalue weighted by Gasteiger charge is -2.10. The molecule has 1 unspecified atom stereocenters. The number of aromatic nitrogens is 1. The molecule has 3 aromatic rings. The zero-order valence-corrected chi connectivity index (χ0v) is 11.8. The number of benzene rings is 2. The maximum absolute atomic E-state index is 13.5. The van der Waals surface area contributed by atoms with Gasteiger partial charge in [-0.1, -0.05) is 24.3 Å². The van der Waals surface area contributed by atoms with Crippen LogP contribution in [0.4, 0.5) is 4.39 Å². The monoisotopic (exact) mass is 287 g/mol. The number of nitrogens with zero attached hydrogens (tertiary/aromatic N) is 1. The second-order valence-corrected chi connectivity index (χ2v) is 5.92. The van der Waals surface area contributed by atoms with E-state index in [9.17, 15) is 9.50 Å². The third kappa shape index (κ3) is 2.57. The smallest absolute Gasteiger partial charge is 0.126 e. The molecule has 4 heteroatoms. The van der Waals surface area contributed by atoms with Crippen molar-refractivity contribution in [1.82, 2.24) is 4.98 Å². The van der Waals surface area contributed by atoms with Gasteiger partial charge in [-0.3, -0.25) is 0 Å². The molecule has 0 saturated carbocycles. The number of rotatable bonds is 3. The number of hydrogen-bond acceptors (Lipinski definition) is 3. The third-order valence-electron chi connectivity index (χ3n) is 3.29. The van der Waals surface area contributed by atoms with Crippen LogP contribution in [0.3, 0.4) is 0 Å². The van der Waals surface area contributed by atoms with Crippen LogP contribution in [0, 0.1) is 12.7 Å². The highest BCUT2D eigenvalue weighted by Gasteiger charge is 2.13. The van der Waals surface area contributed by atoms with Gasteiger partial charge in [0.2, 0.25) is 0 Å². The molecule has 20 heavy (non-hydrogen) atoms. The van der Waals surface area contributed by atoms with Crippen molar-refractivity contribution < 1.29 is 9.50 Å². The van der Waals surface area contributed by atoms with Gasteiger partial charge in [0, 0.05) is 6.42 Å². The van der Waals surface area contributed by atoms with Crippen LogP contribution in [0.1, 0.15) is 22.2 Å². The lowest BCUT2D eigenvalue weighted by Crippen LogP contribution is -2.02. The van der Waals surface area contributed by atoms with Crippen molar-refractivity contribution in [3.05, 3.63) is 64.4 Å². The molecule has 1 N–H and O–H groups in total. The number of halogens is 1. The van der Waals surface area contributed by atoms with Gasteiger partial charge in [0.1, 0.15) is 5.82 Å². The topological polar surface area (TPSA) is 33.1 Å². The van der Waals surface area contributed by atoms with E-state index in [1.807, 2.05) is 24.3 Å². The molecule has 1 aromatic heterocycles. The van der Waals surface area contributed by atoms with E-state index in [2.05, 4.69) is 4.98 Å². The second-order valence-electron chi connectivity index (χ2n) is 4.80. The Morgan fingerprint density at radius 2 is 2.05 bits per heavy atom. The quantitative estimate of drug-likeness (QED) is 0.789. The second kappa shape index (κ2) is 5.31. The standard InChI is InChI=1S/C16H14FNOS/c1-10-6-7-11(8-12(10)17)14(19)9-16-18-13-4-2-3-5-15(13)20-16/h2-8,14,19H,9H2,1H3. The minimum Gasteiger partial charge on any atom is -0.388 e. The molecule has 0 fully saturated rings. The van der Waals surface area contributed by atoms with Gasteiger partial charge in [0.15, 0.2) is 0 Å². The molecule has 1 atom stereocenters. The van der Waals surface area contributed by atoms with Gasteiger partial charge in [-0.05, 0) is 36.2 Å². The van der Waals surface area contributed by atoms with Crippen molar-refractivity contribution in [3.63, 3.8) is 0 Å². The first-order valence-electron chi connectivity index (χ1n) is 6.42. The molecule has 0 aliphatic heterocycles. The minimum absolute atomic E-state index is 0.286. The molecule has 0 bridgehead atoms. The maximum Gasteiger partial charge on any atom is 0.126 e. The molecule has 0 radical (unpaired) electrons. The van der Waals surface area contributed by atoms with Crippen LogP contribution in [-0.4, -0.2) is 10.1 Å². The lowest BCUT2D eigenvalue weighted by molar-refractivity contribution is 0.178. The Bertz CT molecular complexity index is 720. The number of fused-ring (bicyclic) bond motifs is 1. The Morgan fingerprint density at radius 1 is 1.25 bits per heavy atom. The average Bonchev–Trinajstić information content (AvgIpc) is 2.83. The van der Waals surface area contributed by atoms with Crippen molar-refractivity contribution in [3.8, 4) is 0 Å². The van der Waals surface area contributed by atoms with Gasteiger partial charge in [0.25, 0.3) is 0 Å². The van der Waals surface area contributed by atoms with E-state index >= 15 is 0 Å². The summed E-state index contributed by atoms with van der Waals surface area (Å²) in [6, 6.07) is 12.7. The average molecular weight is 287 g/mol. The van der Waals surface area contributed by atoms with Crippen molar-refractivity contribution in [1.29, 1.82) is 0 Å². The van der Waals surface area contributed by atoms with Crippen LogP contribution in [0.2, 0.25) is 0 Å². The molecule has 0 aliphatic rings. The van der Waals surface area contributed by atoms with Crippen LogP contribution in [-0.2, 0) is 6.42 Å². The molecule has 0 aliphatic carbocycles. The van der Waals surface area contributed by atoms with E-state index in [-0.39, 0.29) is 5.82 Å². The van der Waals surface area contributed by atoms with Crippen LogP contribution < -0.4 is 0 Å². The molecule has 0 saturated heterocycles. The molecule has 102 valence electrons. The summed E-state index contributed by atoms with van der Waals surface area (Å²) in [4.78, 5) is 4.48. The highest BCUT2D eigenvalue weighted by atomic mass is 32.1. The largest absolute Gasteiger partial charge is 0.388 e.